The Kier molecular flexibility index (Phi) is 8.03. The van der Waals surface area contributed by atoms with Crippen LogP contribution in [0.15, 0.2) is 59.5 Å². The summed E-state index contributed by atoms with van der Waals surface area (Å²) in [6.45, 7) is 3.92. The number of aliphatic hydroxyl groups is 1. The van der Waals surface area contributed by atoms with Crippen molar-refractivity contribution in [2.75, 3.05) is 44.3 Å². The van der Waals surface area contributed by atoms with Crippen molar-refractivity contribution in [2.24, 2.45) is 0 Å². The number of ether oxygens (including phenoxy) is 1. The van der Waals surface area contributed by atoms with Gasteiger partial charge in [-0.1, -0.05) is 30.3 Å². The minimum Gasteiger partial charge on any atom is -0.392 e. The minimum atomic E-state index is -3.53. The van der Waals surface area contributed by atoms with Gasteiger partial charge in [0.25, 0.3) is 0 Å². The predicted molar refractivity (Wildman–Crippen MR) is 118 cm³/mol. The highest BCUT2D eigenvalue weighted by Crippen LogP contribution is 2.18. The number of hydrogen-bond donors (Lipinski definition) is 2. The Morgan fingerprint density at radius 2 is 1.77 bits per heavy atom. The zero-order valence-electron chi connectivity index (χ0n) is 17.6. The molecule has 0 bridgehead atoms. The van der Waals surface area contributed by atoms with Gasteiger partial charge in [0.1, 0.15) is 0 Å². The smallest absolute Gasteiger partial charge is 0.243 e. The van der Waals surface area contributed by atoms with Crippen LogP contribution < -0.4 is 10.2 Å². The Hall–Kier alpha value is -2.46. The molecule has 1 fully saturated rings. The van der Waals surface area contributed by atoms with Gasteiger partial charge in [0.15, 0.2) is 0 Å². The third-order valence-corrected chi connectivity index (χ3v) is 6.87. The molecule has 0 radical (unpaired) electrons. The first-order valence-corrected chi connectivity index (χ1v) is 11.7. The number of carbonyl (C=O) groups excluding carboxylic acids is 1. The van der Waals surface area contributed by atoms with Crippen LogP contribution >= 0.6 is 0 Å². The number of nitrogens with zero attached hydrogens (tertiary/aromatic N) is 2. The summed E-state index contributed by atoms with van der Waals surface area (Å²) in [5.74, 6) is -0.186. The second-order valence-electron chi connectivity index (χ2n) is 7.50. The minimum absolute atomic E-state index is 0.110. The van der Waals surface area contributed by atoms with E-state index in [1.165, 1.54) is 4.31 Å². The molecule has 0 aromatic heterocycles. The van der Waals surface area contributed by atoms with E-state index >= 15 is 0 Å². The van der Waals surface area contributed by atoms with Crippen LogP contribution in [0.1, 0.15) is 12.5 Å². The lowest BCUT2D eigenvalue weighted by molar-refractivity contribution is -0.120. The highest BCUT2D eigenvalue weighted by Gasteiger charge is 2.26. The van der Waals surface area contributed by atoms with Crippen LogP contribution in [0.25, 0.3) is 0 Å². The van der Waals surface area contributed by atoms with Gasteiger partial charge in [0.2, 0.25) is 15.9 Å². The Bertz CT molecular complexity index is 943. The normalized spacial score (nSPS) is 15.9. The van der Waals surface area contributed by atoms with Crippen LogP contribution in [-0.4, -0.2) is 69.2 Å². The predicted octanol–water partition coefficient (Wildman–Crippen LogP) is 1.21. The molecule has 0 saturated carbocycles. The second kappa shape index (κ2) is 10.7. The lowest BCUT2D eigenvalue weighted by atomic mass is 10.2. The lowest BCUT2D eigenvalue weighted by Gasteiger charge is -2.26. The fourth-order valence-corrected chi connectivity index (χ4v) is 4.77. The van der Waals surface area contributed by atoms with Crippen LogP contribution in [0, 0.1) is 0 Å². The van der Waals surface area contributed by atoms with Crippen LogP contribution in [0.5, 0.6) is 0 Å². The van der Waals surface area contributed by atoms with E-state index in [2.05, 4.69) is 5.32 Å². The molecule has 1 heterocycles. The lowest BCUT2D eigenvalue weighted by Crippen LogP contribution is -2.40. The summed E-state index contributed by atoms with van der Waals surface area (Å²) in [4.78, 5) is 14.5. The molecule has 0 aliphatic carbocycles. The average Bonchev–Trinajstić information content (AvgIpc) is 2.78. The number of sulfonamides is 1. The maximum atomic E-state index is 12.7. The maximum Gasteiger partial charge on any atom is 0.243 e. The first kappa shape index (κ1) is 23.2. The maximum absolute atomic E-state index is 12.7. The number of amides is 1. The molecule has 3 rings (SSSR count). The molecule has 2 N–H and O–H groups in total. The summed E-state index contributed by atoms with van der Waals surface area (Å²) < 4.78 is 32.0. The van der Waals surface area contributed by atoms with Gasteiger partial charge in [-0.15, -0.1) is 0 Å². The van der Waals surface area contributed by atoms with Crippen molar-refractivity contribution in [3.63, 3.8) is 0 Å². The Balaban J connectivity index is 1.57. The summed E-state index contributed by atoms with van der Waals surface area (Å²) >= 11 is 0. The number of anilines is 1. The monoisotopic (exact) mass is 447 g/mol. The van der Waals surface area contributed by atoms with Gasteiger partial charge in [-0.05, 0) is 36.8 Å². The Labute approximate surface area is 183 Å². The Morgan fingerprint density at radius 3 is 2.39 bits per heavy atom. The summed E-state index contributed by atoms with van der Waals surface area (Å²) in [5.41, 5.74) is 1.66. The van der Waals surface area contributed by atoms with Crippen molar-refractivity contribution in [3.05, 3.63) is 60.2 Å². The highest BCUT2D eigenvalue weighted by atomic mass is 32.2. The fourth-order valence-electron chi connectivity index (χ4n) is 3.36. The molecule has 168 valence electrons. The largest absolute Gasteiger partial charge is 0.392 e. The Morgan fingerprint density at radius 1 is 1.13 bits per heavy atom. The van der Waals surface area contributed by atoms with E-state index in [1.807, 2.05) is 35.2 Å². The molecule has 1 atom stereocenters. The van der Waals surface area contributed by atoms with Crippen molar-refractivity contribution >= 4 is 21.6 Å². The number of morpholine rings is 1. The molecule has 1 unspecified atom stereocenters. The third-order valence-electron chi connectivity index (χ3n) is 4.96. The third kappa shape index (κ3) is 6.51. The van der Waals surface area contributed by atoms with Gasteiger partial charge >= 0.3 is 0 Å². The number of nitrogens with one attached hydrogen (secondary N) is 1. The molecule has 1 aliphatic heterocycles. The molecule has 2 aromatic rings. The SMILES string of the molecule is CC(O)CN(CC(=O)NCc1ccc(S(=O)(=O)N2CCOCC2)cc1)c1ccccc1. The van der Waals surface area contributed by atoms with Gasteiger partial charge in [-0.2, -0.15) is 4.31 Å². The van der Waals surface area contributed by atoms with Crippen LogP contribution in [-0.2, 0) is 26.1 Å². The molecular weight excluding hydrogens is 418 g/mol. The molecule has 1 amide bonds. The van der Waals surface area contributed by atoms with Crippen molar-refractivity contribution < 1.29 is 23.1 Å². The first-order chi connectivity index (χ1) is 14.9. The molecule has 0 spiro atoms. The van der Waals surface area contributed by atoms with E-state index in [0.717, 1.165) is 11.3 Å². The summed E-state index contributed by atoms with van der Waals surface area (Å²) in [6, 6.07) is 16.0. The van der Waals surface area contributed by atoms with Crippen molar-refractivity contribution in [3.8, 4) is 0 Å². The summed E-state index contributed by atoms with van der Waals surface area (Å²) in [5, 5.41) is 12.6. The van der Waals surface area contributed by atoms with Gasteiger partial charge in [-0.25, -0.2) is 8.42 Å². The highest BCUT2D eigenvalue weighted by molar-refractivity contribution is 7.89. The van der Waals surface area contributed by atoms with Crippen molar-refractivity contribution in [1.29, 1.82) is 0 Å². The van der Waals surface area contributed by atoms with Crippen LogP contribution in [0.4, 0.5) is 5.69 Å². The van der Waals surface area contributed by atoms with E-state index in [0.29, 0.717) is 32.8 Å². The standard InChI is InChI=1S/C22H29N3O5S/c1-18(26)16-24(20-5-3-2-4-6-20)17-22(27)23-15-19-7-9-21(10-8-19)31(28,29)25-11-13-30-14-12-25/h2-10,18,26H,11-17H2,1H3,(H,23,27). The first-order valence-electron chi connectivity index (χ1n) is 10.3. The van der Waals surface area contributed by atoms with E-state index in [9.17, 15) is 18.3 Å². The van der Waals surface area contributed by atoms with Crippen LogP contribution in [0.3, 0.4) is 0 Å². The second-order valence-corrected chi connectivity index (χ2v) is 9.44. The van der Waals surface area contributed by atoms with E-state index in [-0.39, 0.29) is 23.9 Å². The van der Waals surface area contributed by atoms with Crippen molar-refractivity contribution in [2.45, 2.75) is 24.5 Å². The molecule has 9 heteroatoms. The average molecular weight is 448 g/mol. The van der Waals surface area contributed by atoms with E-state index in [1.54, 1.807) is 31.2 Å². The molecular formula is C22H29N3O5S. The number of hydrogen-bond acceptors (Lipinski definition) is 6. The van der Waals surface area contributed by atoms with Gasteiger partial charge in [0.05, 0.1) is 30.8 Å². The number of aliphatic hydroxyl groups excluding tert-OH is 1. The quantitative estimate of drug-likeness (QED) is 0.600. The zero-order valence-corrected chi connectivity index (χ0v) is 18.4. The van der Waals surface area contributed by atoms with Crippen molar-refractivity contribution in [1.82, 2.24) is 9.62 Å². The molecule has 1 saturated heterocycles. The molecule has 31 heavy (non-hydrogen) atoms. The van der Waals surface area contributed by atoms with Gasteiger partial charge in [0, 0.05) is 31.9 Å². The van der Waals surface area contributed by atoms with Crippen LogP contribution in [0.2, 0.25) is 0 Å². The zero-order chi connectivity index (χ0) is 22.3. The fraction of sp³-hybridized carbons (Fsp3) is 0.409. The summed E-state index contributed by atoms with van der Waals surface area (Å²) in [6.07, 6.45) is -0.575. The van der Waals surface area contributed by atoms with Gasteiger partial charge in [-0.3, -0.25) is 4.79 Å². The molecule has 8 nitrogen and oxygen atoms in total. The number of para-hydroxylation sites is 1. The number of benzene rings is 2. The number of carbonyl (C=O) groups is 1. The van der Waals surface area contributed by atoms with E-state index < -0.39 is 16.1 Å². The number of rotatable bonds is 9. The van der Waals surface area contributed by atoms with Gasteiger partial charge < -0.3 is 20.1 Å². The molecule has 1 aliphatic rings. The van der Waals surface area contributed by atoms with E-state index in [4.69, 9.17) is 4.74 Å². The summed E-state index contributed by atoms with van der Waals surface area (Å²) in [7, 11) is -3.53. The molecule has 2 aromatic carbocycles. The topological polar surface area (TPSA) is 99.2 Å².